The molecule has 0 radical (unpaired) electrons. The Hall–Kier alpha value is -2.08. The van der Waals surface area contributed by atoms with Gasteiger partial charge in [0, 0.05) is 0 Å². The van der Waals surface area contributed by atoms with Crippen LogP contribution in [0.15, 0.2) is 42.5 Å². The number of amides is 1. The van der Waals surface area contributed by atoms with E-state index in [1.807, 2.05) is 0 Å². The van der Waals surface area contributed by atoms with Gasteiger partial charge >= 0.3 is 6.18 Å². The molecule has 0 spiro atoms. The van der Waals surface area contributed by atoms with Crippen molar-refractivity contribution in [3.8, 4) is 0 Å². The minimum Gasteiger partial charge on any atom is -0.321 e. The summed E-state index contributed by atoms with van der Waals surface area (Å²) in [6.45, 7) is 0. The van der Waals surface area contributed by atoms with Gasteiger partial charge in [-0.3, -0.25) is 4.79 Å². The van der Waals surface area contributed by atoms with Crippen molar-refractivity contribution in [2.45, 2.75) is 6.18 Å². The van der Waals surface area contributed by atoms with E-state index in [2.05, 4.69) is 5.32 Å². The molecule has 2 rings (SSSR count). The first-order valence-corrected chi connectivity index (χ1v) is 6.10. The summed E-state index contributed by atoms with van der Waals surface area (Å²) in [7, 11) is 0. The molecular weight excluding hydrogens is 310 g/mol. The van der Waals surface area contributed by atoms with E-state index in [9.17, 15) is 22.4 Å². The lowest BCUT2D eigenvalue weighted by Crippen LogP contribution is -2.17. The Morgan fingerprint density at radius 1 is 1.05 bits per heavy atom. The Morgan fingerprint density at radius 3 is 2.33 bits per heavy atom. The van der Waals surface area contributed by atoms with Crippen LogP contribution in [0.4, 0.5) is 23.2 Å². The number of benzene rings is 2. The van der Waals surface area contributed by atoms with E-state index in [4.69, 9.17) is 11.6 Å². The molecule has 2 aromatic carbocycles. The topological polar surface area (TPSA) is 29.1 Å². The Kier molecular flexibility index (Phi) is 4.18. The maximum absolute atomic E-state index is 13.8. The third kappa shape index (κ3) is 3.33. The second-order valence-corrected chi connectivity index (χ2v) is 4.51. The number of rotatable bonds is 2. The number of para-hydroxylation sites is 1. The fourth-order valence-corrected chi connectivity index (χ4v) is 1.86. The molecule has 110 valence electrons. The minimum atomic E-state index is -4.87. The lowest BCUT2D eigenvalue weighted by atomic mass is 10.1. The summed E-state index contributed by atoms with van der Waals surface area (Å²) < 4.78 is 51.6. The van der Waals surface area contributed by atoms with Gasteiger partial charge in [0.25, 0.3) is 5.91 Å². The van der Waals surface area contributed by atoms with Gasteiger partial charge in [-0.2, -0.15) is 13.2 Å². The molecule has 0 aliphatic rings. The van der Waals surface area contributed by atoms with Crippen LogP contribution in [0.3, 0.4) is 0 Å². The quantitative estimate of drug-likeness (QED) is 0.796. The van der Waals surface area contributed by atoms with Crippen molar-refractivity contribution in [1.82, 2.24) is 0 Å². The van der Waals surface area contributed by atoms with Gasteiger partial charge in [-0.05, 0) is 24.3 Å². The molecule has 0 heterocycles. The van der Waals surface area contributed by atoms with Crippen molar-refractivity contribution in [3.63, 3.8) is 0 Å². The average Bonchev–Trinajstić information content (AvgIpc) is 2.40. The number of carbonyl (C=O) groups is 1. The molecule has 0 aliphatic carbocycles. The summed E-state index contributed by atoms with van der Waals surface area (Å²) in [6.07, 6.45) is -4.87. The Bertz CT molecular complexity index is 685. The van der Waals surface area contributed by atoms with Crippen molar-refractivity contribution < 1.29 is 22.4 Å². The van der Waals surface area contributed by atoms with Gasteiger partial charge in [0.15, 0.2) is 0 Å². The van der Waals surface area contributed by atoms with Gasteiger partial charge in [0.05, 0.1) is 21.8 Å². The molecule has 0 saturated carbocycles. The number of hydrogen-bond donors (Lipinski definition) is 1. The summed E-state index contributed by atoms with van der Waals surface area (Å²) in [5, 5.41) is 2.46. The SMILES string of the molecule is O=C(Nc1ccccc1Cl)c1cccc(C(F)(F)F)c1F. The third-order valence-corrected chi connectivity index (χ3v) is 3.00. The fourth-order valence-electron chi connectivity index (χ4n) is 1.68. The number of halogens is 5. The lowest BCUT2D eigenvalue weighted by molar-refractivity contribution is -0.140. The molecule has 0 bridgehead atoms. The van der Waals surface area contributed by atoms with Crippen molar-refractivity contribution in [1.29, 1.82) is 0 Å². The molecule has 0 aromatic heterocycles. The standard InChI is InChI=1S/C14H8ClF4NO/c15-10-6-1-2-7-11(10)20-13(21)8-4-3-5-9(12(8)16)14(17,18)19/h1-7H,(H,20,21). The van der Waals surface area contributed by atoms with E-state index in [0.717, 1.165) is 12.1 Å². The van der Waals surface area contributed by atoms with Crippen LogP contribution in [-0.2, 0) is 6.18 Å². The third-order valence-electron chi connectivity index (χ3n) is 2.67. The predicted molar refractivity (Wildman–Crippen MR) is 70.8 cm³/mol. The summed E-state index contributed by atoms with van der Waals surface area (Å²) in [5.41, 5.74) is -2.01. The largest absolute Gasteiger partial charge is 0.419 e. The maximum Gasteiger partial charge on any atom is 0.419 e. The van der Waals surface area contributed by atoms with E-state index in [-0.39, 0.29) is 10.7 Å². The van der Waals surface area contributed by atoms with Crippen LogP contribution < -0.4 is 5.32 Å². The Balaban J connectivity index is 2.35. The molecule has 2 aromatic rings. The van der Waals surface area contributed by atoms with Crippen molar-refractivity contribution in [2.75, 3.05) is 5.32 Å². The molecule has 7 heteroatoms. The van der Waals surface area contributed by atoms with Crippen molar-refractivity contribution >= 4 is 23.2 Å². The van der Waals surface area contributed by atoms with Gasteiger partial charge in [0.2, 0.25) is 0 Å². The summed E-state index contributed by atoms with van der Waals surface area (Å²) >= 11 is 5.81. The predicted octanol–water partition coefficient (Wildman–Crippen LogP) is 4.75. The fraction of sp³-hybridized carbons (Fsp3) is 0.0714. The van der Waals surface area contributed by atoms with Crippen molar-refractivity contribution in [2.24, 2.45) is 0 Å². The minimum absolute atomic E-state index is 0.181. The molecule has 1 N–H and O–H groups in total. The van der Waals surface area contributed by atoms with Gasteiger partial charge in [-0.15, -0.1) is 0 Å². The molecule has 0 unspecified atom stereocenters. The molecular formula is C14H8ClF4NO. The molecule has 0 atom stereocenters. The average molecular weight is 318 g/mol. The highest BCUT2D eigenvalue weighted by Gasteiger charge is 2.35. The number of carbonyl (C=O) groups excluding carboxylic acids is 1. The smallest absolute Gasteiger partial charge is 0.321 e. The zero-order valence-electron chi connectivity index (χ0n) is 10.3. The zero-order chi connectivity index (χ0) is 15.6. The van der Waals surface area contributed by atoms with Crippen LogP contribution >= 0.6 is 11.6 Å². The first kappa shape index (κ1) is 15.3. The number of hydrogen-bond acceptors (Lipinski definition) is 1. The van der Waals surface area contributed by atoms with E-state index >= 15 is 0 Å². The first-order valence-electron chi connectivity index (χ1n) is 5.72. The van der Waals surface area contributed by atoms with Crippen LogP contribution in [-0.4, -0.2) is 5.91 Å². The Labute approximate surface area is 122 Å². The molecule has 2 nitrogen and oxygen atoms in total. The zero-order valence-corrected chi connectivity index (χ0v) is 11.1. The monoisotopic (exact) mass is 317 g/mol. The first-order chi connectivity index (χ1) is 9.80. The van der Waals surface area contributed by atoms with Crippen LogP contribution in [0.2, 0.25) is 5.02 Å². The number of alkyl halides is 3. The lowest BCUT2D eigenvalue weighted by Gasteiger charge is -2.12. The molecule has 0 aliphatic heterocycles. The second-order valence-electron chi connectivity index (χ2n) is 4.10. The van der Waals surface area contributed by atoms with E-state index < -0.39 is 29.0 Å². The van der Waals surface area contributed by atoms with E-state index in [1.165, 1.54) is 12.1 Å². The van der Waals surface area contributed by atoms with Gasteiger partial charge < -0.3 is 5.32 Å². The van der Waals surface area contributed by atoms with Crippen LogP contribution in [0, 0.1) is 5.82 Å². The summed E-state index contributed by atoms with van der Waals surface area (Å²) in [6, 6.07) is 8.63. The summed E-state index contributed by atoms with van der Waals surface area (Å²) in [4.78, 5) is 11.9. The van der Waals surface area contributed by atoms with E-state index in [1.54, 1.807) is 12.1 Å². The highest BCUT2D eigenvalue weighted by molar-refractivity contribution is 6.33. The molecule has 0 fully saturated rings. The van der Waals surface area contributed by atoms with Crippen LogP contribution in [0.25, 0.3) is 0 Å². The number of nitrogens with one attached hydrogen (secondary N) is 1. The van der Waals surface area contributed by atoms with Gasteiger partial charge in [-0.25, -0.2) is 4.39 Å². The highest BCUT2D eigenvalue weighted by Crippen LogP contribution is 2.32. The normalized spacial score (nSPS) is 11.3. The maximum atomic E-state index is 13.8. The molecule has 0 saturated heterocycles. The van der Waals surface area contributed by atoms with Gasteiger partial charge in [-0.1, -0.05) is 29.8 Å². The van der Waals surface area contributed by atoms with Gasteiger partial charge in [0.1, 0.15) is 5.82 Å². The van der Waals surface area contributed by atoms with E-state index in [0.29, 0.717) is 6.07 Å². The van der Waals surface area contributed by atoms with Crippen molar-refractivity contribution in [3.05, 3.63) is 64.4 Å². The number of anilines is 1. The molecule has 21 heavy (non-hydrogen) atoms. The second kappa shape index (κ2) is 5.73. The van der Waals surface area contributed by atoms with Crippen LogP contribution in [0.1, 0.15) is 15.9 Å². The summed E-state index contributed by atoms with van der Waals surface area (Å²) in [5.74, 6) is -2.62. The molecule has 1 amide bonds. The van der Waals surface area contributed by atoms with Crippen LogP contribution in [0.5, 0.6) is 0 Å². The Morgan fingerprint density at radius 2 is 1.71 bits per heavy atom. The highest BCUT2D eigenvalue weighted by atomic mass is 35.5.